The third-order valence-electron chi connectivity index (χ3n) is 4.00. The monoisotopic (exact) mass is 285 g/mol. The summed E-state index contributed by atoms with van der Waals surface area (Å²) in [4.78, 5) is 12.0. The lowest BCUT2D eigenvalue weighted by Crippen LogP contribution is -2.23. The van der Waals surface area contributed by atoms with Gasteiger partial charge in [0.2, 0.25) is 5.91 Å². The Balaban J connectivity index is 1.87. The van der Waals surface area contributed by atoms with Gasteiger partial charge < -0.3 is 5.32 Å². The first-order valence-corrected chi connectivity index (χ1v) is 7.29. The maximum atomic E-state index is 12.0. The molecule has 1 heterocycles. The minimum Gasteiger partial charge on any atom is -0.352 e. The second-order valence-electron chi connectivity index (χ2n) is 5.48. The lowest BCUT2D eigenvalue weighted by atomic mass is 10.0. The van der Waals surface area contributed by atoms with E-state index >= 15 is 0 Å². The fourth-order valence-electron chi connectivity index (χ4n) is 2.49. The molecule has 0 fully saturated rings. The van der Waals surface area contributed by atoms with Crippen LogP contribution in [-0.2, 0) is 24.8 Å². The summed E-state index contributed by atoms with van der Waals surface area (Å²) in [5.41, 5.74) is 5.67. The highest BCUT2D eigenvalue weighted by atomic mass is 16.1. The van der Waals surface area contributed by atoms with Crippen LogP contribution >= 0.6 is 0 Å². The van der Waals surface area contributed by atoms with Crippen molar-refractivity contribution in [2.24, 2.45) is 7.05 Å². The van der Waals surface area contributed by atoms with E-state index < -0.39 is 0 Å². The minimum atomic E-state index is 0.0842. The van der Waals surface area contributed by atoms with Gasteiger partial charge in [-0.15, -0.1) is 0 Å². The van der Waals surface area contributed by atoms with Crippen molar-refractivity contribution in [3.05, 3.63) is 52.3 Å². The number of benzene rings is 1. The van der Waals surface area contributed by atoms with Gasteiger partial charge >= 0.3 is 0 Å². The number of aryl methyl sites for hydroxylation is 4. The normalized spacial score (nSPS) is 10.7. The molecule has 0 bridgehead atoms. The number of carbonyl (C=O) groups excluding carboxylic acids is 1. The van der Waals surface area contributed by atoms with Crippen molar-refractivity contribution >= 4 is 5.91 Å². The summed E-state index contributed by atoms with van der Waals surface area (Å²) in [6.45, 7) is 6.63. The molecular formula is C17H23N3O. The van der Waals surface area contributed by atoms with E-state index in [0.29, 0.717) is 13.0 Å². The number of rotatable bonds is 5. The van der Waals surface area contributed by atoms with Crippen molar-refractivity contribution in [3.8, 4) is 0 Å². The summed E-state index contributed by atoms with van der Waals surface area (Å²) in [7, 11) is 1.92. The molecule has 4 nitrogen and oxygen atoms in total. The van der Waals surface area contributed by atoms with Gasteiger partial charge in [-0.25, -0.2) is 0 Å². The second-order valence-corrected chi connectivity index (χ2v) is 5.48. The molecule has 0 unspecified atom stereocenters. The van der Waals surface area contributed by atoms with Crippen molar-refractivity contribution in [3.63, 3.8) is 0 Å². The lowest BCUT2D eigenvalue weighted by Gasteiger charge is -2.07. The van der Waals surface area contributed by atoms with Crippen LogP contribution in [0.15, 0.2) is 24.3 Å². The minimum absolute atomic E-state index is 0.0842. The number of nitrogens with zero attached hydrogens (tertiary/aromatic N) is 2. The molecule has 0 aliphatic carbocycles. The van der Waals surface area contributed by atoms with Crippen LogP contribution in [0.5, 0.6) is 0 Å². The zero-order valence-corrected chi connectivity index (χ0v) is 13.2. The molecule has 2 rings (SSSR count). The van der Waals surface area contributed by atoms with E-state index in [9.17, 15) is 4.79 Å². The molecule has 1 N–H and O–H groups in total. The Morgan fingerprint density at radius 2 is 1.95 bits per heavy atom. The molecule has 112 valence electrons. The Hall–Kier alpha value is -2.10. The number of amides is 1. The number of aromatic nitrogens is 2. The lowest BCUT2D eigenvalue weighted by molar-refractivity contribution is -0.121. The Morgan fingerprint density at radius 3 is 2.57 bits per heavy atom. The first kappa shape index (κ1) is 15.3. The highest BCUT2D eigenvalue weighted by molar-refractivity contribution is 5.76. The quantitative estimate of drug-likeness (QED) is 0.918. The van der Waals surface area contributed by atoms with E-state index in [0.717, 1.165) is 23.4 Å². The standard InChI is InChI=1S/C17H23N3O/c1-12-7-5-6-8-15(12)9-10-17(21)18-11-16-13(2)19-20(4)14(16)3/h5-8H,9-11H2,1-4H3,(H,18,21). The van der Waals surface area contributed by atoms with Crippen LogP contribution in [0.2, 0.25) is 0 Å². The van der Waals surface area contributed by atoms with Gasteiger partial charge in [-0.3, -0.25) is 9.48 Å². The van der Waals surface area contributed by atoms with E-state index in [4.69, 9.17) is 0 Å². The third kappa shape index (κ3) is 3.72. The molecule has 0 aliphatic rings. The summed E-state index contributed by atoms with van der Waals surface area (Å²) in [5, 5.41) is 7.35. The molecule has 0 atom stereocenters. The van der Waals surface area contributed by atoms with Gasteiger partial charge in [0.25, 0.3) is 0 Å². The van der Waals surface area contributed by atoms with Gasteiger partial charge in [0.05, 0.1) is 5.69 Å². The van der Waals surface area contributed by atoms with Crippen molar-refractivity contribution in [1.82, 2.24) is 15.1 Å². The number of nitrogens with one attached hydrogen (secondary N) is 1. The van der Waals surface area contributed by atoms with Crippen molar-refractivity contribution in [2.75, 3.05) is 0 Å². The smallest absolute Gasteiger partial charge is 0.220 e. The second kappa shape index (κ2) is 6.57. The SMILES string of the molecule is Cc1ccccc1CCC(=O)NCc1c(C)nn(C)c1C. The van der Waals surface area contributed by atoms with Crippen LogP contribution in [0.1, 0.15) is 34.5 Å². The van der Waals surface area contributed by atoms with E-state index in [-0.39, 0.29) is 5.91 Å². The zero-order chi connectivity index (χ0) is 15.4. The maximum absolute atomic E-state index is 12.0. The van der Waals surface area contributed by atoms with Crippen LogP contribution < -0.4 is 5.32 Å². The first-order valence-electron chi connectivity index (χ1n) is 7.29. The predicted molar refractivity (Wildman–Crippen MR) is 84.0 cm³/mol. The van der Waals surface area contributed by atoms with Crippen molar-refractivity contribution in [2.45, 2.75) is 40.2 Å². The van der Waals surface area contributed by atoms with Gasteiger partial charge in [-0.2, -0.15) is 5.10 Å². The van der Waals surface area contributed by atoms with Crippen molar-refractivity contribution in [1.29, 1.82) is 0 Å². The molecular weight excluding hydrogens is 262 g/mol. The predicted octanol–water partition coefficient (Wildman–Crippen LogP) is 2.59. The number of hydrogen-bond acceptors (Lipinski definition) is 2. The highest BCUT2D eigenvalue weighted by Gasteiger charge is 2.10. The summed E-state index contributed by atoms with van der Waals surface area (Å²) < 4.78 is 1.85. The molecule has 1 aromatic heterocycles. The molecule has 1 aromatic carbocycles. The zero-order valence-electron chi connectivity index (χ0n) is 13.2. The Labute approximate surface area is 126 Å². The van der Waals surface area contributed by atoms with Gasteiger partial charge in [0.15, 0.2) is 0 Å². The molecule has 2 aromatic rings. The van der Waals surface area contributed by atoms with E-state index in [2.05, 4.69) is 29.5 Å². The Bertz CT molecular complexity index is 643. The molecule has 1 amide bonds. The maximum Gasteiger partial charge on any atom is 0.220 e. The molecule has 0 aliphatic heterocycles. The van der Waals surface area contributed by atoms with Gasteiger partial charge in [-0.05, 0) is 38.3 Å². The molecule has 0 saturated carbocycles. The summed E-state index contributed by atoms with van der Waals surface area (Å²) in [6.07, 6.45) is 1.30. The van der Waals surface area contributed by atoms with Gasteiger partial charge in [0, 0.05) is 31.3 Å². The molecule has 0 saturated heterocycles. The van der Waals surface area contributed by atoms with Crippen LogP contribution in [-0.4, -0.2) is 15.7 Å². The highest BCUT2D eigenvalue weighted by Crippen LogP contribution is 2.12. The van der Waals surface area contributed by atoms with Crippen LogP contribution in [0.4, 0.5) is 0 Å². The van der Waals surface area contributed by atoms with E-state index in [1.54, 1.807) is 0 Å². The number of hydrogen-bond donors (Lipinski definition) is 1. The van der Waals surface area contributed by atoms with Crippen LogP contribution in [0.25, 0.3) is 0 Å². The molecule has 21 heavy (non-hydrogen) atoms. The Morgan fingerprint density at radius 1 is 1.24 bits per heavy atom. The molecule has 4 heteroatoms. The molecule has 0 radical (unpaired) electrons. The topological polar surface area (TPSA) is 46.9 Å². The Kier molecular flexibility index (Phi) is 4.78. The van der Waals surface area contributed by atoms with E-state index in [1.807, 2.05) is 37.7 Å². The average Bonchev–Trinajstić information content (AvgIpc) is 2.69. The average molecular weight is 285 g/mol. The van der Waals surface area contributed by atoms with Gasteiger partial charge in [-0.1, -0.05) is 24.3 Å². The van der Waals surface area contributed by atoms with E-state index in [1.165, 1.54) is 11.1 Å². The van der Waals surface area contributed by atoms with Crippen molar-refractivity contribution < 1.29 is 4.79 Å². The van der Waals surface area contributed by atoms with Gasteiger partial charge in [0.1, 0.15) is 0 Å². The number of carbonyl (C=O) groups is 1. The third-order valence-corrected chi connectivity index (χ3v) is 4.00. The summed E-state index contributed by atoms with van der Waals surface area (Å²) in [5.74, 6) is 0.0842. The fraction of sp³-hybridized carbons (Fsp3) is 0.412. The largest absolute Gasteiger partial charge is 0.352 e. The summed E-state index contributed by atoms with van der Waals surface area (Å²) >= 11 is 0. The summed E-state index contributed by atoms with van der Waals surface area (Å²) in [6, 6.07) is 8.20. The van der Waals surface area contributed by atoms with Crippen LogP contribution in [0.3, 0.4) is 0 Å². The van der Waals surface area contributed by atoms with Crippen LogP contribution in [0, 0.1) is 20.8 Å². The fourth-order valence-corrected chi connectivity index (χ4v) is 2.49. The first-order chi connectivity index (χ1) is 9.99. The molecule has 0 spiro atoms.